The molecule has 0 atom stereocenters. The molecule has 0 aliphatic carbocycles. The minimum absolute atomic E-state index is 0.275. The zero-order valence-electron chi connectivity index (χ0n) is 11.2. The molecule has 19 heavy (non-hydrogen) atoms. The fraction of sp³-hybridized carbons (Fsp3) is 0.500. The van der Waals surface area contributed by atoms with Crippen LogP contribution in [-0.2, 0) is 4.74 Å². The first-order chi connectivity index (χ1) is 9.00. The molecule has 106 valence electrons. The average Bonchev–Trinajstić information content (AvgIpc) is 2.36. The first-order valence-electron chi connectivity index (χ1n) is 6.31. The topological polar surface area (TPSA) is 38.3 Å². The smallest absolute Gasteiger partial charge is 0.254 e. The summed E-state index contributed by atoms with van der Waals surface area (Å²) in [6, 6.07) is 2.81. The molecule has 0 unspecified atom stereocenters. The molecule has 0 saturated carbocycles. The molecule has 0 fully saturated rings. The number of carbonyl (C=O) groups is 1. The van der Waals surface area contributed by atoms with Crippen LogP contribution in [0.2, 0.25) is 0 Å². The van der Waals surface area contributed by atoms with E-state index in [-0.39, 0.29) is 5.56 Å². The Labute approximate surface area is 112 Å². The molecule has 0 bridgehead atoms. The summed E-state index contributed by atoms with van der Waals surface area (Å²) in [5.74, 6) is -1.50. The lowest BCUT2D eigenvalue weighted by molar-refractivity contribution is 0.0921. The summed E-state index contributed by atoms with van der Waals surface area (Å²) >= 11 is 0. The van der Waals surface area contributed by atoms with E-state index in [2.05, 4.69) is 19.2 Å². The SMILES string of the molecule is CC(C)COCCCNC(=O)c1cc(F)ccc1F. The third-order valence-electron chi connectivity index (χ3n) is 2.38. The molecule has 0 heterocycles. The van der Waals surface area contributed by atoms with Gasteiger partial charge in [-0.1, -0.05) is 13.8 Å². The number of hydrogen-bond acceptors (Lipinski definition) is 2. The second-order valence-corrected chi connectivity index (χ2v) is 4.70. The number of halogens is 2. The Hall–Kier alpha value is -1.49. The van der Waals surface area contributed by atoms with E-state index in [1.807, 2.05) is 0 Å². The van der Waals surface area contributed by atoms with Crippen LogP contribution in [0.3, 0.4) is 0 Å². The Morgan fingerprint density at radius 3 is 2.79 bits per heavy atom. The molecule has 1 aromatic carbocycles. The van der Waals surface area contributed by atoms with Crippen molar-refractivity contribution in [1.29, 1.82) is 0 Å². The molecule has 3 nitrogen and oxygen atoms in total. The van der Waals surface area contributed by atoms with Gasteiger partial charge in [0.25, 0.3) is 5.91 Å². The molecule has 1 amide bonds. The van der Waals surface area contributed by atoms with E-state index in [4.69, 9.17) is 4.74 Å². The predicted molar refractivity (Wildman–Crippen MR) is 69.0 cm³/mol. The van der Waals surface area contributed by atoms with Gasteiger partial charge in [-0.2, -0.15) is 0 Å². The summed E-state index contributed by atoms with van der Waals surface area (Å²) in [7, 11) is 0. The molecule has 1 rings (SSSR count). The van der Waals surface area contributed by atoms with Crippen LogP contribution in [0, 0.1) is 17.6 Å². The second-order valence-electron chi connectivity index (χ2n) is 4.70. The standard InChI is InChI=1S/C14H19F2NO2/c1-10(2)9-19-7-3-6-17-14(18)12-8-11(15)4-5-13(12)16/h4-5,8,10H,3,6-7,9H2,1-2H3,(H,17,18). The monoisotopic (exact) mass is 271 g/mol. The Balaban J connectivity index is 2.29. The fourth-order valence-corrected chi connectivity index (χ4v) is 1.46. The van der Waals surface area contributed by atoms with Crippen molar-refractivity contribution in [3.8, 4) is 0 Å². The molecule has 0 saturated heterocycles. The van der Waals surface area contributed by atoms with E-state index < -0.39 is 17.5 Å². The van der Waals surface area contributed by atoms with Crippen LogP contribution < -0.4 is 5.32 Å². The Kier molecular flexibility index (Phi) is 6.42. The van der Waals surface area contributed by atoms with Crippen molar-refractivity contribution in [3.05, 3.63) is 35.4 Å². The number of carbonyl (C=O) groups excluding carboxylic acids is 1. The van der Waals surface area contributed by atoms with Crippen LogP contribution in [0.1, 0.15) is 30.6 Å². The molecule has 0 aliphatic rings. The van der Waals surface area contributed by atoms with Gasteiger partial charge in [0.15, 0.2) is 0 Å². The molecule has 1 N–H and O–H groups in total. The number of benzene rings is 1. The van der Waals surface area contributed by atoms with Crippen LogP contribution in [0.5, 0.6) is 0 Å². The molecule has 0 radical (unpaired) electrons. The maximum atomic E-state index is 13.3. The summed E-state index contributed by atoms with van der Waals surface area (Å²) in [5.41, 5.74) is -0.275. The van der Waals surface area contributed by atoms with Crippen molar-refractivity contribution in [3.63, 3.8) is 0 Å². The maximum Gasteiger partial charge on any atom is 0.254 e. The number of nitrogens with one attached hydrogen (secondary N) is 1. The van der Waals surface area contributed by atoms with Crippen LogP contribution in [0.15, 0.2) is 18.2 Å². The Bertz CT molecular complexity index is 422. The molecule has 5 heteroatoms. The average molecular weight is 271 g/mol. The molecular formula is C14H19F2NO2. The summed E-state index contributed by atoms with van der Waals surface area (Å²) in [6.07, 6.45) is 0.634. The first-order valence-corrected chi connectivity index (χ1v) is 6.31. The lowest BCUT2D eigenvalue weighted by atomic mass is 10.2. The Morgan fingerprint density at radius 1 is 1.37 bits per heavy atom. The van der Waals surface area contributed by atoms with Crippen molar-refractivity contribution >= 4 is 5.91 Å². The van der Waals surface area contributed by atoms with Crippen LogP contribution >= 0.6 is 0 Å². The lowest BCUT2D eigenvalue weighted by Crippen LogP contribution is -2.26. The van der Waals surface area contributed by atoms with E-state index in [1.54, 1.807) is 0 Å². The van der Waals surface area contributed by atoms with Crippen molar-refractivity contribution in [2.75, 3.05) is 19.8 Å². The summed E-state index contributed by atoms with van der Waals surface area (Å²) in [4.78, 5) is 11.6. The molecule has 0 aliphatic heterocycles. The largest absolute Gasteiger partial charge is 0.381 e. The fourth-order valence-electron chi connectivity index (χ4n) is 1.46. The first kappa shape index (κ1) is 15.6. The van der Waals surface area contributed by atoms with Gasteiger partial charge in [0.1, 0.15) is 11.6 Å². The van der Waals surface area contributed by atoms with Gasteiger partial charge in [-0.15, -0.1) is 0 Å². The summed E-state index contributed by atoms with van der Waals surface area (Å²) in [5, 5.41) is 2.53. The van der Waals surface area contributed by atoms with Gasteiger partial charge < -0.3 is 10.1 Å². The highest BCUT2D eigenvalue weighted by molar-refractivity contribution is 5.94. The predicted octanol–water partition coefficient (Wildman–Crippen LogP) is 2.76. The highest BCUT2D eigenvalue weighted by Gasteiger charge is 2.11. The van der Waals surface area contributed by atoms with Crippen molar-refractivity contribution in [2.24, 2.45) is 5.92 Å². The zero-order valence-corrected chi connectivity index (χ0v) is 11.2. The number of amides is 1. The van der Waals surface area contributed by atoms with Gasteiger partial charge in [0, 0.05) is 19.8 Å². The number of hydrogen-bond donors (Lipinski definition) is 1. The van der Waals surface area contributed by atoms with Gasteiger partial charge in [-0.05, 0) is 30.5 Å². The number of ether oxygens (including phenoxy) is 1. The molecule has 0 spiro atoms. The lowest BCUT2D eigenvalue weighted by Gasteiger charge is -2.08. The van der Waals surface area contributed by atoms with Crippen LogP contribution in [0.25, 0.3) is 0 Å². The molecular weight excluding hydrogens is 252 g/mol. The minimum atomic E-state index is -0.727. The Morgan fingerprint density at radius 2 is 2.11 bits per heavy atom. The number of rotatable bonds is 7. The van der Waals surface area contributed by atoms with Gasteiger partial charge in [-0.25, -0.2) is 8.78 Å². The zero-order chi connectivity index (χ0) is 14.3. The van der Waals surface area contributed by atoms with Crippen LogP contribution in [-0.4, -0.2) is 25.7 Å². The third-order valence-corrected chi connectivity index (χ3v) is 2.38. The summed E-state index contributed by atoms with van der Waals surface area (Å²) in [6.45, 7) is 5.67. The van der Waals surface area contributed by atoms with Gasteiger partial charge >= 0.3 is 0 Å². The van der Waals surface area contributed by atoms with Crippen molar-refractivity contribution in [1.82, 2.24) is 5.32 Å². The third kappa shape index (κ3) is 5.79. The maximum absolute atomic E-state index is 13.3. The van der Waals surface area contributed by atoms with E-state index in [9.17, 15) is 13.6 Å². The normalized spacial score (nSPS) is 10.8. The molecule has 0 aromatic heterocycles. The van der Waals surface area contributed by atoms with Gasteiger partial charge in [0.2, 0.25) is 0 Å². The highest BCUT2D eigenvalue weighted by Crippen LogP contribution is 2.09. The molecule has 1 aromatic rings. The van der Waals surface area contributed by atoms with E-state index in [1.165, 1.54) is 0 Å². The van der Waals surface area contributed by atoms with E-state index in [0.29, 0.717) is 32.1 Å². The summed E-state index contributed by atoms with van der Waals surface area (Å²) < 4.78 is 31.5. The van der Waals surface area contributed by atoms with E-state index in [0.717, 1.165) is 18.2 Å². The van der Waals surface area contributed by atoms with Crippen LogP contribution in [0.4, 0.5) is 8.78 Å². The van der Waals surface area contributed by atoms with E-state index >= 15 is 0 Å². The second kappa shape index (κ2) is 7.84. The quantitative estimate of drug-likeness (QED) is 0.774. The van der Waals surface area contributed by atoms with Gasteiger partial charge in [-0.3, -0.25) is 4.79 Å². The van der Waals surface area contributed by atoms with Gasteiger partial charge in [0.05, 0.1) is 5.56 Å². The minimum Gasteiger partial charge on any atom is -0.381 e. The van der Waals surface area contributed by atoms with Crippen molar-refractivity contribution in [2.45, 2.75) is 20.3 Å². The van der Waals surface area contributed by atoms with Crippen molar-refractivity contribution < 1.29 is 18.3 Å². The highest BCUT2D eigenvalue weighted by atomic mass is 19.1.